The molecule has 2 heterocycles. The Labute approximate surface area is 140 Å². The van der Waals surface area contributed by atoms with Crippen molar-refractivity contribution in [2.24, 2.45) is 0 Å². The lowest BCUT2D eigenvalue weighted by atomic mass is 10.2. The molecule has 3 rings (SSSR count). The van der Waals surface area contributed by atoms with Crippen LogP contribution in [0.15, 0.2) is 45.5 Å². The monoisotopic (exact) mass is 407 g/mol. The fraction of sp³-hybridized carbons (Fsp3) is 0.188. The van der Waals surface area contributed by atoms with Gasteiger partial charge in [0.15, 0.2) is 5.65 Å². The van der Waals surface area contributed by atoms with E-state index in [9.17, 15) is 0 Å². The van der Waals surface area contributed by atoms with Gasteiger partial charge < -0.3 is 9.72 Å². The van der Waals surface area contributed by atoms with Crippen molar-refractivity contribution in [3.8, 4) is 0 Å². The Bertz CT molecular complexity index is 788. The summed E-state index contributed by atoms with van der Waals surface area (Å²) in [5.41, 5.74) is 5.44. The van der Waals surface area contributed by atoms with Gasteiger partial charge >= 0.3 is 0 Å². The molecule has 0 atom stereocenters. The van der Waals surface area contributed by atoms with E-state index < -0.39 is 0 Å². The number of halogens is 2. The molecule has 3 nitrogen and oxygen atoms in total. The topological polar surface area (TPSA) is 29.3 Å². The molecule has 0 aliphatic rings. The zero-order valence-corrected chi connectivity index (χ0v) is 15.0. The van der Waals surface area contributed by atoms with Gasteiger partial charge in [0.2, 0.25) is 0 Å². The van der Waals surface area contributed by atoms with Crippen molar-refractivity contribution in [3.05, 3.63) is 62.4 Å². The third-order valence-electron chi connectivity index (χ3n) is 3.64. The van der Waals surface area contributed by atoms with Gasteiger partial charge in [-0.1, -0.05) is 37.9 Å². The molecule has 1 N–H and O–H groups in total. The number of anilines is 1. The van der Waals surface area contributed by atoms with E-state index in [0.717, 1.165) is 32.5 Å². The largest absolute Gasteiger partial charge is 0.378 e. The summed E-state index contributed by atoms with van der Waals surface area (Å²) in [6.07, 6.45) is 2.05. The van der Waals surface area contributed by atoms with Crippen LogP contribution >= 0.6 is 31.9 Å². The molecular formula is C16H15Br2N3. The van der Waals surface area contributed by atoms with Crippen LogP contribution in [-0.2, 0) is 6.54 Å². The second-order valence-corrected chi connectivity index (χ2v) is 6.66. The van der Waals surface area contributed by atoms with Crippen molar-refractivity contribution < 1.29 is 0 Å². The zero-order chi connectivity index (χ0) is 15.0. The summed E-state index contributed by atoms with van der Waals surface area (Å²) in [5, 5.41) is 3.48. The number of benzene rings is 1. The molecule has 5 heteroatoms. The summed E-state index contributed by atoms with van der Waals surface area (Å²) in [4.78, 5) is 4.65. The number of aryl methyl sites for hydroxylation is 2. The van der Waals surface area contributed by atoms with Gasteiger partial charge in [0, 0.05) is 27.4 Å². The van der Waals surface area contributed by atoms with Crippen LogP contribution in [0.3, 0.4) is 0 Å². The molecule has 0 radical (unpaired) electrons. The molecular weight excluding hydrogens is 394 g/mol. The van der Waals surface area contributed by atoms with Crippen molar-refractivity contribution in [1.29, 1.82) is 0 Å². The summed E-state index contributed by atoms with van der Waals surface area (Å²) in [6.45, 7) is 4.85. The Morgan fingerprint density at radius 2 is 1.81 bits per heavy atom. The number of nitrogens with zero attached hydrogens (tertiary/aromatic N) is 2. The fourth-order valence-electron chi connectivity index (χ4n) is 2.32. The third kappa shape index (κ3) is 2.72. The van der Waals surface area contributed by atoms with E-state index in [1.807, 2.05) is 37.4 Å². The summed E-state index contributed by atoms with van der Waals surface area (Å²) < 4.78 is 4.30. The van der Waals surface area contributed by atoms with Gasteiger partial charge in [0.1, 0.15) is 0 Å². The Balaban J connectivity index is 1.94. The molecule has 108 valence electrons. The van der Waals surface area contributed by atoms with Gasteiger partial charge in [-0.2, -0.15) is 0 Å². The molecule has 0 saturated carbocycles. The van der Waals surface area contributed by atoms with Crippen molar-refractivity contribution >= 4 is 43.2 Å². The maximum absolute atomic E-state index is 4.65. The first-order valence-electron chi connectivity index (χ1n) is 6.69. The number of pyridine rings is 1. The second kappa shape index (κ2) is 5.81. The van der Waals surface area contributed by atoms with E-state index in [-0.39, 0.29) is 0 Å². The van der Waals surface area contributed by atoms with Crippen LogP contribution < -0.4 is 5.32 Å². The van der Waals surface area contributed by atoms with E-state index in [0.29, 0.717) is 0 Å². The average molecular weight is 409 g/mol. The number of hydrogen-bond acceptors (Lipinski definition) is 2. The maximum atomic E-state index is 4.65. The molecule has 0 aliphatic heterocycles. The minimum absolute atomic E-state index is 0.729. The second-order valence-electron chi connectivity index (χ2n) is 4.95. The van der Waals surface area contributed by atoms with Crippen molar-refractivity contribution in [1.82, 2.24) is 9.38 Å². The normalized spacial score (nSPS) is 11.0. The van der Waals surface area contributed by atoms with Crippen LogP contribution in [-0.4, -0.2) is 9.38 Å². The van der Waals surface area contributed by atoms with Crippen LogP contribution in [0.25, 0.3) is 5.65 Å². The highest BCUT2D eigenvalue weighted by molar-refractivity contribution is 9.11. The Morgan fingerprint density at radius 1 is 1.10 bits per heavy atom. The number of imidazole rings is 1. The predicted octanol–water partition coefficient (Wildman–Crippen LogP) is 5.09. The smallest absolute Gasteiger partial charge is 0.160 e. The molecule has 0 bridgehead atoms. The summed E-state index contributed by atoms with van der Waals surface area (Å²) in [6, 6.07) is 10.2. The number of nitrogens with one attached hydrogen (secondary N) is 1. The predicted molar refractivity (Wildman–Crippen MR) is 93.8 cm³/mol. The lowest BCUT2D eigenvalue weighted by Gasteiger charge is -2.11. The zero-order valence-electron chi connectivity index (χ0n) is 11.8. The van der Waals surface area contributed by atoms with E-state index in [1.54, 1.807) is 0 Å². The van der Waals surface area contributed by atoms with Crippen LogP contribution in [0.4, 0.5) is 5.69 Å². The highest BCUT2D eigenvalue weighted by Crippen LogP contribution is 2.27. The van der Waals surface area contributed by atoms with Gasteiger partial charge in [-0.05, 0) is 43.7 Å². The summed E-state index contributed by atoms with van der Waals surface area (Å²) in [7, 11) is 0. The minimum Gasteiger partial charge on any atom is -0.378 e. The molecule has 0 amide bonds. The van der Waals surface area contributed by atoms with Crippen LogP contribution in [0.5, 0.6) is 0 Å². The highest BCUT2D eigenvalue weighted by Gasteiger charge is 2.09. The van der Waals surface area contributed by atoms with Crippen LogP contribution in [0.2, 0.25) is 0 Å². The number of rotatable bonds is 3. The van der Waals surface area contributed by atoms with Crippen molar-refractivity contribution in [2.45, 2.75) is 20.4 Å². The highest BCUT2D eigenvalue weighted by atomic mass is 79.9. The minimum atomic E-state index is 0.729. The first-order valence-corrected chi connectivity index (χ1v) is 8.27. The van der Waals surface area contributed by atoms with E-state index in [2.05, 4.69) is 59.6 Å². The first-order chi connectivity index (χ1) is 10.1. The van der Waals surface area contributed by atoms with Gasteiger partial charge in [0.25, 0.3) is 0 Å². The lowest BCUT2D eigenvalue weighted by molar-refractivity contribution is 1.08. The number of fused-ring (bicyclic) bond motifs is 1. The standard InChI is InChI=1S/C16H15Br2N3/c1-10-11(2)21-8-4-7-15(16(21)20-10)19-9-12-13(17)5-3-6-14(12)18/h3-8,19H,9H2,1-2H3. The van der Waals surface area contributed by atoms with Crippen molar-refractivity contribution in [3.63, 3.8) is 0 Å². The molecule has 0 fully saturated rings. The average Bonchev–Trinajstić information content (AvgIpc) is 2.75. The quantitative estimate of drug-likeness (QED) is 0.654. The third-order valence-corrected chi connectivity index (χ3v) is 5.13. The molecule has 0 spiro atoms. The van der Waals surface area contributed by atoms with E-state index >= 15 is 0 Å². The first kappa shape index (κ1) is 14.6. The fourth-order valence-corrected chi connectivity index (χ4v) is 3.60. The van der Waals surface area contributed by atoms with Gasteiger partial charge in [-0.25, -0.2) is 4.98 Å². The Kier molecular flexibility index (Phi) is 4.04. The van der Waals surface area contributed by atoms with Crippen LogP contribution in [0, 0.1) is 13.8 Å². The number of aromatic nitrogens is 2. The molecule has 21 heavy (non-hydrogen) atoms. The van der Waals surface area contributed by atoms with E-state index in [4.69, 9.17) is 0 Å². The molecule has 3 aromatic rings. The van der Waals surface area contributed by atoms with Gasteiger partial charge in [0.05, 0.1) is 11.4 Å². The molecule has 0 aliphatic carbocycles. The van der Waals surface area contributed by atoms with Gasteiger partial charge in [-0.15, -0.1) is 0 Å². The molecule has 0 unspecified atom stereocenters. The molecule has 2 aromatic heterocycles. The van der Waals surface area contributed by atoms with Gasteiger partial charge in [-0.3, -0.25) is 0 Å². The SMILES string of the molecule is Cc1nc2c(NCc3c(Br)cccc3Br)cccn2c1C. The molecule has 1 aromatic carbocycles. The Hall–Kier alpha value is -1.33. The van der Waals surface area contributed by atoms with Crippen LogP contribution in [0.1, 0.15) is 17.0 Å². The maximum Gasteiger partial charge on any atom is 0.160 e. The Morgan fingerprint density at radius 3 is 2.52 bits per heavy atom. The van der Waals surface area contributed by atoms with E-state index in [1.165, 1.54) is 11.3 Å². The molecule has 0 saturated heterocycles. The lowest BCUT2D eigenvalue weighted by Crippen LogP contribution is -2.03. The van der Waals surface area contributed by atoms with Crippen molar-refractivity contribution in [2.75, 3.05) is 5.32 Å². The number of hydrogen-bond donors (Lipinski definition) is 1. The summed E-state index contributed by atoms with van der Waals surface area (Å²) in [5.74, 6) is 0. The summed E-state index contributed by atoms with van der Waals surface area (Å²) >= 11 is 7.19.